The van der Waals surface area contributed by atoms with E-state index in [4.69, 9.17) is 4.42 Å². The predicted octanol–water partition coefficient (Wildman–Crippen LogP) is 4.61. The highest BCUT2D eigenvalue weighted by atomic mass is 79.9. The number of aromatic nitrogens is 2. The standard InChI is InChI=1S/C21H15BrN4O3S/c1-12-3-2-4-15(11-12)21-26-25-20(29-21)14-7-5-13(6-8-14)18(27)23-24-19(28)16-9-10-17(22)30-16/h2-11H,1H3,(H,23,27)(H,24,28). The molecule has 0 fully saturated rings. The normalized spacial score (nSPS) is 10.6. The first kappa shape index (κ1) is 20.0. The average Bonchev–Trinajstić information content (AvgIpc) is 3.41. The zero-order chi connectivity index (χ0) is 21.1. The summed E-state index contributed by atoms with van der Waals surface area (Å²) >= 11 is 4.57. The number of nitrogens with zero attached hydrogens (tertiary/aromatic N) is 2. The van der Waals surface area contributed by atoms with Crippen LogP contribution in [0.4, 0.5) is 0 Å². The minimum Gasteiger partial charge on any atom is -0.416 e. The van der Waals surface area contributed by atoms with Gasteiger partial charge in [0, 0.05) is 16.7 Å². The van der Waals surface area contributed by atoms with Gasteiger partial charge in [-0.25, -0.2) is 0 Å². The van der Waals surface area contributed by atoms with Crippen LogP contribution in [0.25, 0.3) is 22.9 Å². The second kappa shape index (κ2) is 8.60. The fraction of sp³-hybridized carbons (Fsp3) is 0.0476. The number of amides is 2. The van der Waals surface area contributed by atoms with Gasteiger partial charge in [-0.3, -0.25) is 20.4 Å². The monoisotopic (exact) mass is 482 g/mol. The summed E-state index contributed by atoms with van der Waals surface area (Å²) in [6, 6.07) is 17.9. The van der Waals surface area contributed by atoms with Crippen LogP contribution in [-0.2, 0) is 0 Å². The Hall–Kier alpha value is -3.30. The van der Waals surface area contributed by atoms with Gasteiger partial charge in [0.2, 0.25) is 11.8 Å². The van der Waals surface area contributed by atoms with Crippen LogP contribution in [0, 0.1) is 6.92 Å². The van der Waals surface area contributed by atoms with Crippen molar-refractivity contribution in [2.75, 3.05) is 0 Å². The fourth-order valence-corrected chi connectivity index (χ4v) is 3.96. The Bertz CT molecular complexity index is 1220. The molecule has 2 aromatic carbocycles. The van der Waals surface area contributed by atoms with Gasteiger partial charge in [-0.2, -0.15) is 0 Å². The molecule has 2 amide bonds. The van der Waals surface area contributed by atoms with E-state index >= 15 is 0 Å². The number of nitrogens with one attached hydrogen (secondary N) is 2. The number of hydrazine groups is 1. The Morgan fingerprint density at radius 2 is 1.60 bits per heavy atom. The van der Waals surface area contributed by atoms with Gasteiger partial charge in [0.25, 0.3) is 11.8 Å². The van der Waals surface area contributed by atoms with Gasteiger partial charge in [0.05, 0.1) is 8.66 Å². The van der Waals surface area contributed by atoms with Crippen LogP contribution >= 0.6 is 27.3 Å². The smallest absolute Gasteiger partial charge is 0.279 e. The van der Waals surface area contributed by atoms with E-state index in [1.165, 1.54) is 11.3 Å². The average molecular weight is 483 g/mol. The summed E-state index contributed by atoms with van der Waals surface area (Å²) in [6.07, 6.45) is 0. The molecule has 2 N–H and O–H groups in total. The summed E-state index contributed by atoms with van der Waals surface area (Å²) in [5.74, 6) is -0.0322. The molecule has 0 saturated heterocycles. The van der Waals surface area contributed by atoms with E-state index in [0.717, 1.165) is 14.9 Å². The number of benzene rings is 2. The van der Waals surface area contributed by atoms with E-state index in [1.807, 2.05) is 31.2 Å². The zero-order valence-corrected chi connectivity index (χ0v) is 18.1. The van der Waals surface area contributed by atoms with Gasteiger partial charge in [-0.15, -0.1) is 21.5 Å². The van der Waals surface area contributed by atoms with E-state index in [9.17, 15) is 9.59 Å². The van der Waals surface area contributed by atoms with Crippen LogP contribution in [0.1, 0.15) is 25.6 Å². The number of hydrogen-bond donors (Lipinski definition) is 2. The molecule has 9 heteroatoms. The maximum absolute atomic E-state index is 12.3. The third-order valence-electron chi connectivity index (χ3n) is 4.17. The number of rotatable bonds is 4. The summed E-state index contributed by atoms with van der Waals surface area (Å²) < 4.78 is 6.59. The van der Waals surface area contributed by atoms with Crippen molar-refractivity contribution in [3.63, 3.8) is 0 Å². The lowest BCUT2D eigenvalue weighted by Gasteiger charge is -2.06. The molecule has 2 heterocycles. The Morgan fingerprint density at radius 1 is 0.900 bits per heavy atom. The van der Waals surface area contributed by atoms with Crippen molar-refractivity contribution in [3.05, 3.63) is 80.5 Å². The third kappa shape index (κ3) is 4.47. The number of carbonyl (C=O) groups is 2. The number of aryl methyl sites for hydroxylation is 1. The Kier molecular flexibility index (Phi) is 5.73. The summed E-state index contributed by atoms with van der Waals surface area (Å²) in [7, 11) is 0. The first-order chi connectivity index (χ1) is 14.5. The maximum Gasteiger partial charge on any atom is 0.279 e. The molecule has 0 radical (unpaired) electrons. The van der Waals surface area contributed by atoms with Crippen LogP contribution in [0.2, 0.25) is 0 Å². The molecule has 4 aromatic rings. The van der Waals surface area contributed by atoms with Gasteiger partial charge >= 0.3 is 0 Å². The minimum absolute atomic E-state index is 0.357. The van der Waals surface area contributed by atoms with Crippen LogP contribution in [0.15, 0.2) is 68.9 Å². The highest BCUT2D eigenvalue weighted by Gasteiger charge is 2.13. The fourth-order valence-electron chi connectivity index (χ4n) is 2.68. The lowest BCUT2D eigenvalue weighted by atomic mass is 10.1. The van der Waals surface area contributed by atoms with E-state index in [0.29, 0.717) is 27.8 Å². The van der Waals surface area contributed by atoms with Crippen molar-refractivity contribution in [1.82, 2.24) is 21.0 Å². The van der Waals surface area contributed by atoms with E-state index < -0.39 is 5.91 Å². The summed E-state index contributed by atoms with van der Waals surface area (Å²) in [6.45, 7) is 1.99. The zero-order valence-electron chi connectivity index (χ0n) is 15.7. The molecule has 0 aliphatic rings. The second-order valence-electron chi connectivity index (χ2n) is 6.37. The Balaban J connectivity index is 1.41. The minimum atomic E-state index is -0.434. The SMILES string of the molecule is Cc1cccc(-c2nnc(-c3ccc(C(=O)NNC(=O)c4ccc(Br)s4)cc3)o2)c1. The number of hydrogen-bond acceptors (Lipinski definition) is 6. The molecule has 0 spiro atoms. The third-order valence-corrected chi connectivity index (χ3v) is 5.79. The molecule has 150 valence electrons. The van der Waals surface area contributed by atoms with Crippen molar-refractivity contribution < 1.29 is 14.0 Å². The first-order valence-electron chi connectivity index (χ1n) is 8.86. The van der Waals surface area contributed by atoms with Gasteiger partial charge in [0.1, 0.15) is 0 Å². The highest BCUT2D eigenvalue weighted by molar-refractivity contribution is 9.11. The Morgan fingerprint density at radius 3 is 2.27 bits per heavy atom. The summed E-state index contributed by atoms with van der Waals surface area (Å²) in [4.78, 5) is 24.8. The molecule has 2 aromatic heterocycles. The molecule has 0 unspecified atom stereocenters. The predicted molar refractivity (Wildman–Crippen MR) is 117 cm³/mol. The topological polar surface area (TPSA) is 97.1 Å². The van der Waals surface area contributed by atoms with E-state index in [-0.39, 0.29) is 5.91 Å². The van der Waals surface area contributed by atoms with Gasteiger partial charge in [-0.05, 0) is 71.4 Å². The van der Waals surface area contributed by atoms with Crippen LogP contribution in [0.3, 0.4) is 0 Å². The van der Waals surface area contributed by atoms with Crippen LogP contribution in [0.5, 0.6) is 0 Å². The summed E-state index contributed by atoms with van der Waals surface area (Å²) in [5, 5.41) is 8.18. The molecule has 30 heavy (non-hydrogen) atoms. The molecule has 0 aliphatic heterocycles. The van der Waals surface area contributed by atoms with Gasteiger partial charge in [0.15, 0.2) is 0 Å². The molecule has 0 bridgehead atoms. The van der Waals surface area contributed by atoms with Crippen molar-refractivity contribution in [2.24, 2.45) is 0 Å². The molecule has 7 nitrogen and oxygen atoms in total. The van der Waals surface area contributed by atoms with Crippen LogP contribution in [-0.4, -0.2) is 22.0 Å². The largest absolute Gasteiger partial charge is 0.416 e. The van der Waals surface area contributed by atoms with Gasteiger partial charge in [-0.1, -0.05) is 17.7 Å². The molecule has 0 aliphatic carbocycles. The molecule has 0 saturated carbocycles. The lowest BCUT2D eigenvalue weighted by Crippen LogP contribution is -2.41. The van der Waals surface area contributed by atoms with Crippen LogP contribution < -0.4 is 10.9 Å². The summed E-state index contributed by atoms with van der Waals surface area (Å²) in [5.41, 5.74) is 7.80. The first-order valence-corrected chi connectivity index (χ1v) is 10.5. The molecule has 0 atom stereocenters. The number of thiophene rings is 1. The van der Waals surface area contributed by atoms with Crippen molar-refractivity contribution in [1.29, 1.82) is 0 Å². The molecular weight excluding hydrogens is 468 g/mol. The van der Waals surface area contributed by atoms with Crippen molar-refractivity contribution in [3.8, 4) is 22.9 Å². The molecular formula is C21H15BrN4O3S. The number of carbonyl (C=O) groups excluding carboxylic acids is 2. The van der Waals surface area contributed by atoms with Gasteiger partial charge < -0.3 is 4.42 Å². The second-order valence-corrected chi connectivity index (χ2v) is 8.83. The molecule has 4 rings (SSSR count). The van der Waals surface area contributed by atoms with E-state index in [1.54, 1.807) is 36.4 Å². The highest BCUT2D eigenvalue weighted by Crippen LogP contribution is 2.25. The quantitative estimate of drug-likeness (QED) is 0.414. The number of halogens is 1. The van der Waals surface area contributed by atoms with Crippen molar-refractivity contribution >= 4 is 39.1 Å². The van der Waals surface area contributed by atoms with Crippen molar-refractivity contribution in [2.45, 2.75) is 6.92 Å². The van der Waals surface area contributed by atoms with E-state index in [2.05, 4.69) is 37.0 Å². The maximum atomic E-state index is 12.3. The lowest BCUT2D eigenvalue weighted by molar-refractivity contribution is 0.0849. The Labute approximate surface area is 184 Å².